The van der Waals surface area contributed by atoms with E-state index in [0.717, 1.165) is 25.1 Å². The maximum atomic E-state index is 5.84. The van der Waals surface area contributed by atoms with Crippen LogP contribution in [0.2, 0.25) is 0 Å². The van der Waals surface area contributed by atoms with Crippen molar-refractivity contribution in [2.75, 3.05) is 7.11 Å². The van der Waals surface area contributed by atoms with E-state index in [1.807, 2.05) is 6.07 Å². The Bertz CT molecular complexity index is 475. The lowest BCUT2D eigenvalue weighted by molar-refractivity contribution is -0.0517. The Labute approximate surface area is 120 Å². The topological polar surface area (TPSA) is 37.9 Å². The van der Waals surface area contributed by atoms with Gasteiger partial charge in [-0.3, -0.25) is 0 Å². The molecule has 1 fully saturated rings. The third-order valence-electron chi connectivity index (χ3n) is 3.91. The highest BCUT2D eigenvalue weighted by Gasteiger charge is 2.36. The monoisotopic (exact) mass is 280 g/mol. The van der Waals surface area contributed by atoms with E-state index in [9.17, 15) is 0 Å². The molecule has 0 aromatic carbocycles. The van der Waals surface area contributed by atoms with Crippen molar-refractivity contribution in [3.8, 4) is 0 Å². The van der Waals surface area contributed by atoms with E-state index in [2.05, 4.69) is 23.8 Å². The van der Waals surface area contributed by atoms with Crippen molar-refractivity contribution in [2.24, 2.45) is 5.92 Å². The van der Waals surface area contributed by atoms with Crippen molar-refractivity contribution in [2.45, 2.75) is 58.0 Å². The molecular weight excluding hydrogens is 256 g/mol. The average Bonchev–Trinajstić information content (AvgIpc) is 2.38. The highest BCUT2D eigenvalue weighted by molar-refractivity contribution is 7.71. The minimum Gasteiger partial charge on any atom is -0.370 e. The zero-order valence-electron chi connectivity index (χ0n) is 12.2. The van der Waals surface area contributed by atoms with E-state index in [-0.39, 0.29) is 5.60 Å². The number of H-pyrrole nitrogens is 1. The van der Waals surface area contributed by atoms with Gasteiger partial charge in [-0.15, -0.1) is 0 Å². The Hall–Kier alpha value is -0.740. The molecule has 19 heavy (non-hydrogen) atoms. The van der Waals surface area contributed by atoms with Gasteiger partial charge >= 0.3 is 0 Å². The molecule has 0 atom stereocenters. The van der Waals surface area contributed by atoms with Crippen molar-refractivity contribution in [1.29, 1.82) is 0 Å². The number of hydrogen-bond donors (Lipinski definition) is 1. The van der Waals surface area contributed by atoms with E-state index in [1.54, 1.807) is 7.11 Å². The number of ether oxygens (including phenoxy) is 1. The first-order valence-electron chi connectivity index (χ1n) is 7.21. The molecule has 3 nitrogen and oxygen atoms in total. The molecule has 1 saturated carbocycles. The summed E-state index contributed by atoms with van der Waals surface area (Å²) in [6, 6.07) is 1.98. The highest BCUT2D eigenvalue weighted by atomic mass is 32.1. The Morgan fingerprint density at radius 2 is 2.05 bits per heavy atom. The Morgan fingerprint density at radius 1 is 1.37 bits per heavy atom. The Balaban J connectivity index is 2.36. The summed E-state index contributed by atoms with van der Waals surface area (Å²) in [7, 11) is 1.79. The van der Waals surface area contributed by atoms with Crippen LogP contribution in [-0.2, 0) is 16.8 Å². The fraction of sp³-hybridized carbons (Fsp3) is 0.733. The van der Waals surface area contributed by atoms with Gasteiger partial charge in [0.05, 0.1) is 0 Å². The molecule has 0 aliphatic heterocycles. The van der Waals surface area contributed by atoms with Gasteiger partial charge in [-0.25, -0.2) is 4.98 Å². The number of methoxy groups -OCH3 is 1. The van der Waals surface area contributed by atoms with Crippen LogP contribution in [0.5, 0.6) is 0 Å². The summed E-state index contributed by atoms with van der Waals surface area (Å²) in [6.07, 6.45) is 6.76. The molecule has 1 aliphatic rings. The second kappa shape index (κ2) is 6.14. The summed E-state index contributed by atoms with van der Waals surface area (Å²) in [5.74, 6) is 1.53. The summed E-state index contributed by atoms with van der Waals surface area (Å²) in [5, 5.41) is 0. The molecule has 1 N–H and O–H groups in total. The molecule has 1 aromatic heterocycles. The maximum Gasteiger partial charge on any atom is 0.140 e. The summed E-state index contributed by atoms with van der Waals surface area (Å²) in [5.41, 5.74) is 0.922. The van der Waals surface area contributed by atoms with Gasteiger partial charge in [0.2, 0.25) is 0 Å². The highest BCUT2D eigenvalue weighted by Crippen LogP contribution is 2.38. The molecular formula is C15H24N2OS. The predicted octanol–water partition coefficient (Wildman–Crippen LogP) is 4.14. The molecule has 0 radical (unpaired) electrons. The first-order valence-corrected chi connectivity index (χ1v) is 7.62. The van der Waals surface area contributed by atoms with Crippen molar-refractivity contribution >= 4 is 12.2 Å². The Morgan fingerprint density at radius 3 is 2.63 bits per heavy atom. The standard InChI is InChI=1S/C15H24N2OS/c1-11(2)9-12-10-13(19)17-14(16-12)15(18-3)7-5-4-6-8-15/h10-11H,4-9H2,1-3H3,(H,16,17,19). The SMILES string of the molecule is COC1(c2nc(=S)cc(CC(C)C)[nH]2)CCCCC1. The molecule has 0 unspecified atom stereocenters. The van der Waals surface area contributed by atoms with Gasteiger partial charge < -0.3 is 9.72 Å². The van der Waals surface area contributed by atoms with Crippen LogP contribution in [0.15, 0.2) is 6.07 Å². The van der Waals surface area contributed by atoms with Crippen LogP contribution in [0.4, 0.5) is 0 Å². The number of rotatable bonds is 4. The van der Waals surface area contributed by atoms with Crippen molar-refractivity contribution in [1.82, 2.24) is 9.97 Å². The molecule has 0 spiro atoms. The smallest absolute Gasteiger partial charge is 0.140 e. The number of nitrogens with zero attached hydrogens (tertiary/aromatic N) is 1. The van der Waals surface area contributed by atoms with E-state index >= 15 is 0 Å². The fourth-order valence-electron chi connectivity index (χ4n) is 2.93. The Kier molecular flexibility index (Phi) is 4.74. The van der Waals surface area contributed by atoms with Crippen LogP contribution in [0.3, 0.4) is 0 Å². The number of aromatic nitrogens is 2. The normalized spacial score (nSPS) is 18.7. The van der Waals surface area contributed by atoms with Gasteiger partial charge in [-0.1, -0.05) is 45.3 Å². The molecule has 0 bridgehead atoms. The van der Waals surface area contributed by atoms with E-state index in [4.69, 9.17) is 17.0 Å². The lowest BCUT2D eigenvalue weighted by atomic mass is 9.84. The van der Waals surface area contributed by atoms with Crippen LogP contribution in [0.25, 0.3) is 0 Å². The van der Waals surface area contributed by atoms with Crippen molar-refractivity contribution in [3.63, 3.8) is 0 Å². The number of aromatic amines is 1. The average molecular weight is 280 g/mol. The lowest BCUT2D eigenvalue weighted by Gasteiger charge is -2.35. The first-order chi connectivity index (χ1) is 9.05. The van der Waals surface area contributed by atoms with Gasteiger partial charge in [-0.05, 0) is 31.2 Å². The van der Waals surface area contributed by atoms with E-state index < -0.39 is 0 Å². The zero-order valence-corrected chi connectivity index (χ0v) is 13.0. The molecule has 1 aromatic rings. The molecule has 1 heterocycles. The fourth-order valence-corrected chi connectivity index (χ4v) is 3.17. The van der Waals surface area contributed by atoms with Gasteiger partial charge in [0, 0.05) is 12.8 Å². The second-order valence-corrected chi connectivity index (χ2v) is 6.37. The minimum absolute atomic E-state index is 0.251. The second-order valence-electron chi connectivity index (χ2n) is 5.95. The number of hydrogen-bond acceptors (Lipinski definition) is 3. The third kappa shape index (κ3) is 3.42. The largest absolute Gasteiger partial charge is 0.370 e. The first kappa shape index (κ1) is 14.7. The van der Waals surface area contributed by atoms with E-state index in [1.165, 1.54) is 25.0 Å². The maximum absolute atomic E-state index is 5.84. The molecule has 2 rings (SSSR count). The van der Waals surface area contributed by atoms with Crippen LogP contribution in [0, 0.1) is 10.6 Å². The zero-order chi connectivity index (χ0) is 13.9. The van der Waals surface area contributed by atoms with E-state index in [0.29, 0.717) is 10.6 Å². The lowest BCUT2D eigenvalue weighted by Crippen LogP contribution is -2.33. The quantitative estimate of drug-likeness (QED) is 0.842. The minimum atomic E-state index is -0.251. The summed E-state index contributed by atoms with van der Waals surface area (Å²) >= 11 is 5.32. The van der Waals surface area contributed by atoms with Gasteiger partial charge in [0.25, 0.3) is 0 Å². The van der Waals surface area contributed by atoms with Gasteiger partial charge in [0.1, 0.15) is 16.1 Å². The van der Waals surface area contributed by atoms with Crippen LogP contribution in [0.1, 0.15) is 57.5 Å². The van der Waals surface area contributed by atoms with Crippen molar-refractivity contribution < 1.29 is 4.74 Å². The van der Waals surface area contributed by atoms with Crippen LogP contribution in [-0.4, -0.2) is 17.1 Å². The third-order valence-corrected chi connectivity index (χ3v) is 4.12. The van der Waals surface area contributed by atoms with Crippen molar-refractivity contribution in [3.05, 3.63) is 22.2 Å². The summed E-state index contributed by atoms with van der Waals surface area (Å²) in [4.78, 5) is 8.02. The van der Waals surface area contributed by atoms with Crippen LogP contribution < -0.4 is 0 Å². The van der Waals surface area contributed by atoms with Gasteiger partial charge in [0.15, 0.2) is 0 Å². The molecule has 106 valence electrons. The number of nitrogens with one attached hydrogen (secondary N) is 1. The van der Waals surface area contributed by atoms with Gasteiger partial charge in [-0.2, -0.15) is 0 Å². The molecule has 4 heteroatoms. The predicted molar refractivity (Wildman–Crippen MR) is 79.7 cm³/mol. The summed E-state index contributed by atoms with van der Waals surface area (Å²) in [6.45, 7) is 4.42. The van der Waals surface area contributed by atoms with Crippen LogP contribution >= 0.6 is 12.2 Å². The molecule has 0 saturated heterocycles. The summed E-state index contributed by atoms with van der Waals surface area (Å²) < 4.78 is 6.51. The molecule has 1 aliphatic carbocycles. The molecule has 0 amide bonds.